The van der Waals surface area contributed by atoms with E-state index in [2.05, 4.69) is 11.0 Å². The highest BCUT2D eigenvalue weighted by Gasteiger charge is 2.37. The maximum absolute atomic E-state index is 2.66. The quantitative estimate of drug-likeness (QED) is 0.595. The first kappa shape index (κ1) is 7.90. The summed E-state index contributed by atoms with van der Waals surface area (Å²) in [6, 6.07) is 0. The fraction of sp³-hybridized carbons (Fsp3) is 0.833. The number of likely N-dealkylation sites (tertiary alicyclic amines) is 1. The van der Waals surface area contributed by atoms with Crippen molar-refractivity contribution in [2.75, 3.05) is 13.1 Å². The molecule has 1 heteroatoms. The summed E-state index contributed by atoms with van der Waals surface area (Å²) in [6.45, 7) is 2.68. The fourth-order valence-corrected chi connectivity index (χ4v) is 3.24. The molecule has 2 unspecified atom stereocenters. The van der Waals surface area contributed by atoms with E-state index in [1.54, 1.807) is 5.70 Å². The van der Waals surface area contributed by atoms with E-state index in [9.17, 15) is 0 Å². The van der Waals surface area contributed by atoms with Gasteiger partial charge in [0.2, 0.25) is 0 Å². The van der Waals surface area contributed by atoms with Crippen LogP contribution in [-0.2, 0) is 0 Å². The summed E-state index contributed by atoms with van der Waals surface area (Å²) >= 11 is 0. The van der Waals surface area contributed by atoms with Crippen LogP contribution in [0.25, 0.3) is 0 Å². The molecule has 0 radical (unpaired) electrons. The Hall–Kier alpha value is -0.460. The van der Waals surface area contributed by atoms with E-state index in [4.69, 9.17) is 0 Å². The summed E-state index contributed by atoms with van der Waals surface area (Å²) in [5, 5.41) is 0. The zero-order valence-corrected chi connectivity index (χ0v) is 8.34. The van der Waals surface area contributed by atoms with E-state index in [0.29, 0.717) is 0 Å². The predicted molar refractivity (Wildman–Crippen MR) is 54.3 cm³/mol. The van der Waals surface area contributed by atoms with Crippen molar-refractivity contribution in [3.8, 4) is 0 Å². The third kappa shape index (κ3) is 1.20. The Labute approximate surface area is 80.8 Å². The van der Waals surface area contributed by atoms with Gasteiger partial charge in [-0.25, -0.2) is 0 Å². The van der Waals surface area contributed by atoms with E-state index in [1.807, 2.05) is 0 Å². The first-order chi connectivity index (χ1) is 6.45. The van der Waals surface area contributed by atoms with Crippen molar-refractivity contribution in [1.82, 2.24) is 4.90 Å². The second-order valence-electron chi connectivity index (χ2n) is 4.84. The highest BCUT2D eigenvalue weighted by atomic mass is 15.2. The Kier molecular flexibility index (Phi) is 1.85. The third-order valence-electron chi connectivity index (χ3n) is 4.16. The van der Waals surface area contributed by atoms with Gasteiger partial charge in [-0.3, -0.25) is 0 Å². The van der Waals surface area contributed by atoms with Gasteiger partial charge in [-0.2, -0.15) is 0 Å². The van der Waals surface area contributed by atoms with Crippen molar-refractivity contribution in [3.05, 3.63) is 11.8 Å². The average molecular weight is 177 g/mol. The molecule has 0 spiro atoms. The smallest absolute Gasteiger partial charge is 0.0175 e. The summed E-state index contributed by atoms with van der Waals surface area (Å²) in [5.74, 6) is 2.05. The molecular weight excluding hydrogens is 158 g/mol. The highest BCUT2D eigenvalue weighted by molar-refractivity contribution is 5.15. The topological polar surface area (TPSA) is 3.24 Å². The largest absolute Gasteiger partial charge is 0.375 e. The molecule has 0 amide bonds. The lowest BCUT2D eigenvalue weighted by atomic mass is 9.66. The Bertz CT molecular complexity index is 225. The Balaban J connectivity index is 1.77. The first-order valence-electron chi connectivity index (χ1n) is 5.90. The van der Waals surface area contributed by atoms with Crippen molar-refractivity contribution < 1.29 is 0 Å². The van der Waals surface area contributed by atoms with Crippen LogP contribution in [0.2, 0.25) is 0 Å². The molecule has 3 rings (SSSR count). The van der Waals surface area contributed by atoms with Crippen molar-refractivity contribution >= 4 is 0 Å². The minimum absolute atomic E-state index is 0.979. The molecule has 1 aliphatic heterocycles. The Morgan fingerprint density at radius 3 is 2.62 bits per heavy atom. The number of hydrogen-bond donors (Lipinski definition) is 0. The monoisotopic (exact) mass is 177 g/mol. The molecule has 1 nitrogen and oxygen atoms in total. The minimum Gasteiger partial charge on any atom is -0.375 e. The number of fused-ring (bicyclic) bond motifs is 1. The van der Waals surface area contributed by atoms with Crippen molar-refractivity contribution in [2.45, 2.75) is 38.5 Å². The van der Waals surface area contributed by atoms with Crippen LogP contribution in [0.15, 0.2) is 11.8 Å². The van der Waals surface area contributed by atoms with E-state index < -0.39 is 0 Å². The lowest BCUT2D eigenvalue weighted by molar-refractivity contribution is 0.148. The van der Waals surface area contributed by atoms with Gasteiger partial charge in [0.15, 0.2) is 0 Å². The van der Waals surface area contributed by atoms with Gasteiger partial charge in [-0.1, -0.05) is 6.08 Å². The zero-order valence-electron chi connectivity index (χ0n) is 8.34. The molecule has 13 heavy (non-hydrogen) atoms. The lowest BCUT2D eigenvalue weighted by Gasteiger charge is -2.44. The Morgan fingerprint density at radius 1 is 1.08 bits per heavy atom. The molecule has 3 aliphatic rings. The van der Waals surface area contributed by atoms with Crippen LogP contribution in [-0.4, -0.2) is 18.0 Å². The van der Waals surface area contributed by atoms with E-state index >= 15 is 0 Å². The Morgan fingerprint density at radius 2 is 1.92 bits per heavy atom. The molecular formula is C12H19N. The van der Waals surface area contributed by atoms with Gasteiger partial charge in [-0.05, 0) is 44.4 Å². The van der Waals surface area contributed by atoms with Crippen LogP contribution in [0.4, 0.5) is 0 Å². The molecule has 2 atom stereocenters. The molecule has 1 saturated carbocycles. The fourth-order valence-electron chi connectivity index (χ4n) is 3.24. The van der Waals surface area contributed by atoms with Crippen molar-refractivity contribution in [2.24, 2.45) is 11.8 Å². The van der Waals surface area contributed by atoms with Gasteiger partial charge in [-0.15, -0.1) is 0 Å². The van der Waals surface area contributed by atoms with E-state index in [0.717, 1.165) is 11.8 Å². The average Bonchev–Trinajstić information content (AvgIpc) is 2.59. The molecule has 2 aliphatic carbocycles. The maximum atomic E-state index is 2.66. The number of hydrogen-bond acceptors (Lipinski definition) is 1. The van der Waals surface area contributed by atoms with Crippen LogP contribution in [0.5, 0.6) is 0 Å². The highest BCUT2D eigenvalue weighted by Crippen LogP contribution is 2.46. The van der Waals surface area contributed by atoms with Crippen LogP contribution in [0.3, 0.4) is 0 Å². The summed E-state index contributed by atoms with van der Waals surface area (Å²) in [5.41, 5.74) is 1.74. The molecule has 0 bridgehead atoms. The van der Waals surface area contributed by atoms with Gasteiger partial charge in [0, 0.05) is 24.7 Å². The van der Waals surface area contributed by atoms with Crippen LogP contribution < -0.4 is 0 Å². The number of rotatable bonds is 1. The maximum Gasteiger partial charge on any atom is 0.0175 e. The van der Waals surface area contributed by atoms with E-state index in [1.165, 1.54) is 51.6 Å². The standard InChI is InChI=1S/C12H19N/c1-2-9-13(8-1)12-5-3-4-10-6-7-11(10)12/h5,10-11H,1-4,6-9H2. The first-order valence-corrected chi connectivity index (χ1v) is 5.90. The van der Waals surface area contributed by atoms with Gasteiger partial charge < -0.3 is 4.90 Å². The molecule has 0 N–H and O–H groups in total. The molecule has 72 valence electrons. The summed E-state index contributed by atoms with van der Waals surface area (Å²) in [7, 11) is 0. The zero-order chi connectivity index (χ0) is 8.67. The van der Waals surface area contributed by atoms with Crippen LogP contribution in [0.1, 0.15) is 38.5 Å². The minimum atomic E-state index is 0.979. The summed E-state index contributed by atoms with van der Waals surface area (Å²) in [6.07, 6.45) is 11.2. The molecule has 2 fully saturated rings. The van der Waals surface area contributed by atoms with E-state index in [-0.39, 0.29) is 0 Å². The van der Waals surface area contributed by atoms with Crippen molar-refractivity contribution in [3.63, 3.8) is 0 Å². The summed E-state index contributed by atoms with van der Waals surface area (Å²) < 4.78 is 0. The van der Waals surface area contributed by atoms with Crippen molar-refractivity contribution in [1.29, 1.82) is 0 Å². The van der Waals surface area contributed by atoms with Gasteiger partial charge in [0.25, 0.3) is 0 Å². The molecule has 1 heterocycles. The third-order valence-corrected chi connectivity index (χ3v) is 4.16. The van der Waals surface area contributed by atoms with Gasteiger partial charge >= 0.3 is 0 Å². The number of nitrogens with zero attached hydrogens (tertiary/aromatic N) is 1. The van der Waals surface area contributed by atoms with Crippen LogP contribution >= 0.6 is 0 Å². The molecule has 0 aromatic rings. The molecule has 0 aromatic heterocycles. The summed E-state index contributed by atoms with van der Waals surface area (Å²) in [4.78, 5) is 2.66. The SMILES string of the molecule is C1=C(N2CCCC2)C2CCC2CC1. The second kappa shape index (κ2) is 3.04. The van der Waals surface area contributed by atoms with Crippen LogP contribution in [0, 0.1) is 11.8 Å². The normalized spacial score (nSPS) is 38.2. The molecule has 0 aromatic carbocycles. The molecule has 1 saturated heterocycles. The van der Waals surface area contributed by atoms with Gasteiger partial charge in [0.05, 0.1) is 0 Å². The second-order valence-corrected chi connectivity index (χ2v) is 4.84. The van der Waals surface area contributed by atoms with Gasteiger partial charge in [0.1, 0.15) is 0 Å². The lowest BCUT2D eigenvalue weighted by Crippen LogP contribution is -2.37. The predicted octanol–water partition coefficient (Wildman–Crippen LogP) is 2.79. The number of allylic oxidation sites excluding steroid dienone is 2.